The highest BCUT2D eigenvalue weighted by Crippen LogP contribution is 2.27. The lowest BCUT2D eigenvalue weighted by atomic mass is 10.2. The van der Waals surface area contributed by atoms with E-state index in [1.165, 1.54) is 22.2 Å². The summed E-state index contributed by atoms with van der Waals surface area (Å²) < 4.78 is 33.8. The van der Waals surface area contributed by atoms with Crippen molar-refractivity contribution in [2.45, 2.75) is 31.2 Å². The SMILES string of the molecule is CCc1ccsc1C(=O)NS(=O)(=O)c1cnn2c1OCCC2. The molecule has 1 N–H and O–H groups in total. The van der Waals surface area contributed by atoms with Crippen LogP contribution in [0.4, 0.5) is 0 Å². The monoisotopic (exact) mass is 341 g/mol. The third kappa shape index (κ3) is 2.61. The molecule has 0 saturated carbocycles. The van der Waals surface area contributed by atoms with Crippen LogP contribution < -0.4 is 9.46 Å². The summed E-state index contributed by atoms with van der Waals surface area (Å²) >= 11 is 1.22. The molecule has 1 aliphatic heterocycles. The Bertz CT molecular complexity index is 807. The molecule has 7 nitrogen and oxygen atoms in total. The minimum absolute atomic E-state index is 0.102. The van der Waals surface area contributed by atoms with E-state index < -0.39 is 15.9 Å². The van der Waals surface area contributed by atoms with E-state index in [2.05, 4.69) is 9.82 Å². The minimum Gasteiger partial charge on any atom is -0.477 e. The van der Waals surface area contributed by atoms with E-state index in [9.17, 15) is 13.2 Å². The van der Waals surface area contributed by atoms with Gasteiger partial charge in [0.05, 0.1) is 17.7 Å². The van der Waals surface area contributed by atoms with Crippen LogP contribution in [0.2, 0.25) is 0 Å². The first kappa shape index (κ1) is 15.0. The van der Waals surface area contributed by atoms with Crippen LogP contribution in [-0.4, -0.2) is 30.7 Å². The molecule has 0 saturated heterocycles. The first-order chi connectivity index (χ1) is 10.5. The zero-order chi connectivity index (χ0) is 15.7. The zero-order valence-electron chi connectivity index (χ0n) is 11.9. The second kappa shape index (κ2) is 5.73. The molecule has 0 atom stereocenters. The lowest BCUT2D eigenvalue weighted by Gasteiger charge is -2.16. The van der Waals surface area contributed by atoms with Crippen LogP contribution in [0, 0.1) is 0 Å². The largest absolute Gasteiger partial charge is 0.477 e. The molecule has 0 unspecified atom stereocenters. The summed E-state index contributed by atoms with van der Waals surface area (Å²) in [6.45, 7) is 2.95. The number of sulfonamides is 1. The summed E-state index contributed by atoms with van der Waals surface area (Å²) in [5, 5.41) is 5.76. The topological polar surface area (TPSA) is 90.3 Å². The second-order valence-electron chi connectivity index (χ2n) is 4.80. The number of amides is 1. The highest BCUT2D eigenvalue weighted by molar-refractivity contribution is 7.90. The van der Waals surface area contributed by atoms with Crippen molar-refractivity contribution >= 4 is 27.3 Å². The first-order valence-corrected chi connectivity index (χ1v) is 9.21. The normalized spacial score (nSPS) is 14.2. The van der Waals surface area contributed by atoms with Gasteiger partial charge in [-0.25, -0.2) is 17.8 Å². The summed E-state index contributed by atoms with van der Waals surface area (Å²) in [4.78, 5) is 12.5. The van der Waals surface area contributed by atoms with Gasteiger partial charge in [-0.05, 0) is 23.4 Å². The number of hydrogen-bond donors (Lipinski definition) is 1. The lowest BCUT2D eigenvalue weighted by Crippen LogP contribution is -2.31. The highest BCUT2D eigenvalue weighted by Gasteiger charge is 2.29. The number of ether oxygens (including phenoxy) is 1. The number of aromatic nitrogens is 2. The maximum atomic E-state index is 12.4. The van der Waals surface area contributed by atoms with Gasteiger partial charge < -0.3 is 4.74 Å². The predicted molar refractivity (Wildman–Crippen MR) is 80.7 cm³/mol. The number of carbonyl (C=O) groups excluding carboxylic acids is 1. The maximum absolute atomic E-state index is 12.4. The number of carbonyl (C=O) groups is 1. The van der Waals surface area contributed by atoms with Crippen LogP contribution in [0.3, 0.4) is 0 Å². The van der Waals surface area contributed by atoms with Crippen molar-refractivity contribution in [2.75, 3.05) is 6.61 Å². The van der Waals surface area contributed by atoms with Gasteiger partial charge in [0.2, 0.25) is 5.88 Å². The van der Waals surface area contributed by atoms with Crippen molar-refractivity contribution < 1.29 is 17.9 Å². The van der Waals surface area contributed by atoms with Crippen molar-refractivity contribution in [3.05, 3.63) is 28.1 Å². The molecule has 0 spiro atoms. The molecular formula is C13H15N3O4S2. The van der Waals surface area contributed by atoms with Crippen LogP contribution in [0.1, 0.15) is 28.6 Å². The Morgan fingerprint density at radius 2 is 2.36 bits per heavy atom. The summed E-state index contributed by atoms with van der Waals surface area (Å²) in [6, 6.07) is 1.82. The highest BCUT2D eigenvalue weighted by atomic mass is 32.2. The van der Waals surface area contributed by atoms with Crippen LogP contribution >= 0.6 is 11.3 Å². The van der Waals surface area contributed by atoms with Crippen molar-refractivity contribution in [3.8, 4) is 5.88 Å². The average molecular weight is 341 g/mol. The summed E-state index contributed by atoms with van der Waals surface area (Å²) in [7, 11) is -4.01. The molecule has 2 aromatic rings. The van der Waals surface area contributed by atoms with Gasteiger partial charge in [0.25, 0.3) is 15.9 Å². The van der Waals surface area contributed by atoms with E-state index in [4.69, 9.17) is 4.74 Å². The molecule has 22 heavy (non-hydrogen) atoms. The summed E-state index contributed by atoms with van der Waals surface area (Å²) in [6.07, 6.45) is 2.65. The smallest absolute Gasteiger partial charge is 0.275 e. The molecule has 118 valence electrons. The summed E-state index contributed by atoms with van der Waals surface area (Å²) in [5.74, 6) is -0.434. The van der Waals surface area contributed by atoms with Crippen molar-refractivity contribution in [1.82, 2.24) is 14.5 Å². The van der Waals surface area contributed by atoms with Gasteiger partial charge >= 0.3 is 0 Å². The fourth-order valence-corrected chi connectivity index (χ4v) is 4.26. The number of thiophene rings is 1. The number of fused-ring (bicyclic) bond motifs is 1. The van der Waals surface area contributed by atoms with Gasteiger partial charge in [0.1, 0.15) is 0 Å². The van der Waals surface area contributed by atoms with Crippen LogP contribution in [0.5, 0.6) is 5.88 Å². The number of hydrogen-bond acceptors (Lipinski definition) is 6. The van der Waals surface area contributed by atoms with Gasteiger partial charge in [0.15, 0.2) is 4.90 Å². The maximum Gasteiger partial charge on any atom is 0.275 e. The first-order valence-electron chi connectivity index (χ1n) is 6.85. The number of rotatable bonds is 4. The molecule has 9 heteroatoms. The molecule has 0 bridgehead atoms. The van der Waals surface area contributed by atoms with Gasteiger partial charge in [0, 0.05) is 13.0 Å². The van der Waals surface area contributed by atoms with Crippen molar-refractivity contribution in [1.29, 1.82) is 0 Å². The van der Waals surface area contributed by atoms with Crippen molar-refractivity contribution in [2.24, 2.45) is 0 Å². The molecule has 2 aromatic heterocycles. The van der Waals surface area contributed by atoms with Crippen LogP contribution in [-0.2, 0) is 23.0 Å². The Kier molecular flexibility index (Phi) is 3.92. The molecule has 3 rings (SSSR count). The molecule has 1 aliphatic rings. The quantitative estimate of drug-likeness (QED) is 0.908. The number of nitrogens with zero attached hydrogens (tertiary/aromatic N) is 2. The van der Waals surface area contributed by atoms with Gasteiger partial charge in [-0.3, -0.25) is 4.79 Å². The molecule has 3 heterocycles. The fourth-order valence-electron chi connectivity index (χ4n) is 2.27. The Morgan fingerprint density at radius 3 is 3.14 bits per heavy atom. The Labute approximate surface area is 132 Å². The molecule has 1 amide bonds. The van der Waals surface area contributed by atoms with E-state index in [0.29, 0.717) is 24.4 Å². The summed E-state index contributed by atoms with van der Waals surface area (Å²) in [5.41, 5.74) is 0.825. The third-order valence-electron chi connectivity index (χ3n) is 3.36. The standard InChI is InChI=1S/C13H15N3O4S2/c1-2-9-4-7-21-11(9)12(17)15-22(18,19)10-8-14-16-5-3-6-20-13(10)16/h4,7-8H,2-3,5-6H2,1H3,(H,15,17). The Balaban J connectivity index is 1.88. The van der Waals surface area contributed by atoms with Gasteiger partial charge in [-0.1, -0.05) is 6.92 Å². The lowest BCUT2D eigenvalue weighted by molar-refractivity contribution is 0.0984. The average Bonchev–Trinajstić information content (AvgIpc) is 3.13. The van der Waals surface area contributed by atoms with Crippen molar-refractivity contribution in [3.63, 3.8) is 0 Å². The van der Waals surface area contributed by atoms with Crippen LogP contribution in [0.25, 0.3) is 0 Å². The minimum atomic E-state index is -4.01. The zero-order valence-corrected chi connectivity index (χ0v) is 13.5. The second-order valence-corrected chi connectivity index (χ2v) is 7.37. The number of aryl methyl sites for hydroxylation is 2. The Hall–Kier alpha value is -1.87. The van der Waals surface area contributed by atoms with Crippen LogP contribution in [0.15, 0.2) is 22.5 Å². The van der Waals surface area contributed by atoms with E-state index >= 15 is 0 Å². The van der Waals surface area contributed by atoms with E-state index in [1.807, 2.05) is 13.0 Å². The predicted octanol–water partition coefficient (Wildman–Crippen LogP) is 1.41. The van der Waals surface area contributed by atoms with Gasteiger partial charge in [-0.2, -0.15) is 5.10 Å². The van der Waals surface area contributed by atoms with E-state index in [1.54, 1.807) is 5.38 Å². The molecular weight excluding hydrogens is 326 g/mol. The third-order valence-corrected chi connectivity index (χ3v) is 5.63. The molecule has 0 radical (unpaired) electrons. The fraction of sp³-hybridized carbons (Fsp3) is 0.385. The van der Waals surface area contributed by atoms with E-state index in [-0.39, 0.29) is 10.8 Å². The molecule has 0 fully saturated rings. The molecule has 0 aromatic carbocycles. The number of nitrogens with one attached hydrogen (secondary N) is 1. The van der Waals surface area contributed by atoms with E-state index in [0.717, 1.165) is 12.0 Å². The van der Waals surface area contributed by atoms with Gasteiger partial charge in [-0.15, -0.1) is 11.3 Å². The molecule has 0 aliphatic carbocycles. The Morgan fingerprint density at radius 1 is 1.55 bits per heavy atom.